The summed E-state index contributed by atoms with van der Waals surface area (Å²) in [5, 5.41) is 21.4. The summed E-state index contributed by atoms with van der Waals surface area (Å²) < 4.78 is 26.1. The van der Waals surface area contributed by atoms with Crippen LogP contribution in [0.15, 0.2) is 24.3 Å². The molecule has 2 aliphatic rings. The monoisotopic (exact) mass is 571 g/mol. The summed E-state index contributed by atoms with van der Waals surface area (Å²) in [5.41, 5.74) is 1.73. The minimum atomic E-state index is -0.535. The maximum absolute atomic E-state index is 15.0. The number of aliphatic hydroxyl groups excluding tert-OH is 1. The van der Waals surface area contributed by atoms with Crippen molar-refractivity contribution in [2.45, 2.75) is 54.9 Å². The van der Waals surface area contributed by atoms with E-state index in [0.717, 1.165) is 17.5 Å². The minimum Gasteiger partial charge on any atom is -0.475 e. The van der Waals surface area contributed by atoms with Gasteiger partial charge in [-0.25, -0.2) is 9.18 Å². The number of urea groups is 1. The number of aliphatic hydroxyl groups is 1. The highest BCUT2D eigenvalue weighted by Gasteiger charge is 2.37. The molecule has 1 aromatic heterocycles. The van der Waals surface area contributed by atoms with Crippen molar-refractivity contribution < 1.29 is 23.8 Å². The summed E-state index contributed by atoms with van der Waals surface area (Å²) in [4.78, 5) is 21.3. The highest BCUT2D eigenvalue weighted by Crippen LogP contribution is 2.35. The Balaban J connectivity index is 0.00000141. The van der Waals surface area contributed by atoms with Gasteiger partial charge in [-0.1, -0.05) is 27.7 Å². The van der Waals surface area contributed by atoms with Crippen molar-refractivity contribution in [3.63, 3.8) is 0 Å². The molecule has 9 nitrogen and oxygen atoms in total. The summed E-state index contributed by atoms with van der Waals surface area (Å²) in [6.45, 7) is 17.0. The second-order valence-corrected chi connectivity index (χ2v) is 10.1. The van der Waals surface area contributed by atoms with Gasteiger partial charge in [0.05, 0.1) is 37.0 Å². The molecule has 2 amide bonds. The van der Waals surface area contributed by atoms with E-state index in [-0.39, 0.29) is 30.9 Å². The van der Waals surface area contributed by atoms with Gasteiger partial charge in [0.15, 0.2) is 0 Å². The maximum atomic E-state index is 15.0. The number of likely N-dealkylation sites (tertiary alicyclic amines) is 1. The molecule has 10 heteroatoms. The van der Waals surface area contributed by atoms with E-state index in [1.165, 1.54) is 6.07 Å². The molecule has 0 spiro atoms. The van der Waals surface area contributed by atoms with Gasteiger partial charge in [0.2, 0.25) is 5.88 Å². The molecule has 2 aromatic rings. The maximum Gasteiger partial charge on any atom is 0.321 e. The van der Waals surface area contributed by atoms with Crippen molar-refractivity contribution >= 4 is 17.5 Å². The van der Waals surface area contributed by atoms with E-state index in [9.17, 15) is 19.6 Å². The smallest absolute Gasteiger partial charge is 0.321 e. The number of morpholine rings is 1. The van der Waals surface area contributed by atoms with Crippen LogP contribution in [0.4, 0.5) is 20.7 Å². The van der Waals surface area contributed by atoms with Gasteiger partial charge in [-0.2, -0.15) is 10.2 Å². The van der Waals surface area contributed by atoms with E-state index in [0.29, 0.717) is 56.7 Å². The SMILES string of the molecule is CC.CC.Cc1cc(F)c(NC(=O)N2CCC(C(C)(C)C#N)C2)cc1-c1cc(OCCO)nc(N2CCOCC2)c1. The van der Waals surface area contributed by atoms with Crippen LogP contribution in [-0.4, -0.2) is 73.6 Å². The number of aryl methyl sites for hydroxylation is 1. The predicted molar refractivity (Wildman–Crippen MR) is 161 cm³/mol. The van der Waals surface area contributed by atoms with Crippen LogP contribution in [0.3, 0.4) is 0 Å². The first-order chi connectivity index (χ1) is 19.7. The van der Waals surface area contributed by atoms with Gasteiger partial charge >= 0.3 is 6.03 Å². The standard InChI is InChI=1S/C27H34FN5O4.2C2H6/c1-18-12-22(28)23(30-26(35)33-5-4-20(16-33)27(2,3)17-29)15-21(18)19-13-24(32-6-9-36-10-7-32)31-25(14-19)37-11-8-34;2*1-2/h12-15,20,34H,4-11,16H2,1-3H3,(H,30,35);2*1-2H3. The quantitative estimate of drug-likeness (QED) is 0.428. The third kappa shape index (κ3) is 8.78. The molecular formula is C31H46FN5O4. The topological polar surface area (TPSA) is 111 Å². The summed E-state index contributed by atoms with van der Waals surface area (Å²) in [6.07, 6.45) is 0.730. The Kier molecular flexibility index (Phi) is 13.3. The molecule has 3 heterocycles. The molecule has 2 aliphatic heterocycles. The summed E-state index contributed by atoms with van der Waals surface area (Å²) in [7, 11) is 0. The Bertz CT molecular complexity index is 1180. The number of pyridine rings is 1. The number of benzene rings is 1. The van der Waals surface area contributed by atoms with Crippen LogP contribution < -0.4 is 15.0 Å². The van der Waals surface area contributed by atoms with Crippen LogP contribution in [0.1, 0.15) is 53.5 Å². The lowest BCUT2D eigenvalue weighted by Crippen LogP contribution is -2.36. The van der Waals surface area contributed by atoms with Crippen molar-refractivity contribution in [1.82, 2.24) is 9.88 Å². The molecule has 2 fully saturated rings. The number of halogens is 1. The minimum absolute atomic E-state index is 0.0643. The zero-order valence-corrected chi connectivity index (χ0v) is 25.6. The third-order valence-electron chi connectivity index (χ3n) is 7.12. The molecule has 1 atom stereocenters. The summed E-state index contributed by atoms with van der Waals surface area (Å²) >= 11 is 0. The van der Waals surface area contributed by atoms with Crippen molar-refractivity contribution in [2.75, 3.05) is 62.8 Å². The van der Waals surface area contributed by atoms with E-state index in [1.54, 1.807) is 17.0 Å². The Hall–Kier alpha value is -3.42. The van der Waals surface area contributed by atoms with Gasteiger partial charge in [0.25, 0.3) is 0 Å². The number of amides is 2. The fourth-order valence-electron chi connectivity index (χ4n) is 4.72. The van der Waals surface area contributed by atoms with Crippen LogP contribution in [-0.2, 0) is 4.74 Å². The van der Waals surface area contributed by atoms with Gasteiger partial charge in [0, 0.05) is 32.2 Å². The number of rotatable bonds is 7. The summed E-state index contributed by atoms with van der Waals surface area (Å²) in [5.74, 6) is 0.591. The average molecular weight is 572 g/mol. The van der Waals surface area contributed by atoms with Crippen molar-refractivity contribution in [3.8, 4) is 23.1 Å². The van der Waals surface area contributed by atoms with Crippen molar-refractivity contribution in [2.24, 2.45) is 11.3 Å². The second kappa shape index (κ2) is 16.1. The van der Waals surface area contributed by atoms with E-state index in [4.69, 9.17) is 9.47 Å². The van der Waals surface area contributed by atoms with E-state index in [1.807, 2.05) is 54.5 Å². The lowest BCUT2D eigenvalue weighted by molar-refractivity contribution is 0.122. The number of hydrogen-bond acceptors (Lipinski definition) is 7. The molecule has 0 radical (unpaired) electrons. The van der Waals surface area contributed by atoms with Crippen LogP contribution in [0.25, 0.3) is 11.1 Å². The second-order valence-electron chi connectivity index (χ2n) is 10.1. The molecule has 41 heavy (non-hydrogen) atoms. The van der Waals surface area contributed by atoms with Crippen LogP contribution in [0.2, 0.25) is 0 Å². The van der Waals surface area contributed by atoms with Crippen LogP contribution in [0.5, 0.6) is 5.88 Å². The number of nitriles is 1. The molecule has 226 valence electrons. The van der Waals surface area contributed by atoms with Crippen LogP contribution >= 0.6 is 0 Å². The molecule has 0 bridgehead atoms. The zero-order valence-electron chi connectivity index (χ0n) is 25.6. The molecule has 4 rings (SSSR count). The Morgan fingerprint density at radius 2 is 1.88 bits per heavy atom. The fraction of sp³-hybridized carbons (Fsp3) is 0.581. The number of hydrogen-bond donors (Lipinski definition) is 2. The molecule has 2 saturated heterocycles. The largest absolute Gasteiger partial charge is 0.475 e. The van der Waals surface area contributed by atoms with Gasteiger partial charge < -0.3 is 29.7 Å². The Morgan fingerprint density at radius 3 is 2.51 bits per heavy atom. The number of carbonyl (C=O) groups is 1. The molecular weight excluding hydrogens is 525 g/mol. The number of nitrogens with one attached hydrogen (secondary N) is 1. The highest BCUT2D eigenvalue weighted by atomic mass is 19.1. The first-order valence-corrected chi connectivity index (χ1v) is 14.6. The number of ether oxygens (including phenoxy) is 2. The molecule has 0 saturated carbocycles. The van der Waals surface area contributed by atoms with Gasteiger partial charge in [-0.15, -0.1) is 0 Å². The lowest BCUT2D eigenvalue weighted by Gasteiger charge is -2.28. The normalized spacial score (nSPS) is 16.5. The number of aromatic nitrogens is 1. The van der Waals surface area contributed by atoms with Gasteiger partial charge in [-0.3, -0.25) is 0 Å². The Morgan fingerprint density at radius 1 is 1.20 bits per heavy atom. The lowest BCUT2D eigenvalue weighted by atomic mass is 9.80. The molecule has 2 N–H and O–H groups in total. The van der Waals surface area contributed by atoms with Crippen molar-refractivity contribution in [1.29, 1.82) is 5.26 Å². The first kappa shape index (κ1) is 33.8. The van der Waals surface area contributed by atoms with Crippen LogP contribution in [0, 0.1) is 35.4 Å². The van der Waals surface area contributed by atoms with E-state index >= 15 is 0 Å². The van der Waals surface area contributed by atoms with Gasteiger partial charge in [0.1, 0.15) is 18.2 Å². The first-order valence-electron chi connectivity index (χ1n) is 14.6. The van der Waals surface area contributed by atoms with Crippen molar-refractivity contribution in [3.05, 3.63) is 35.6 Å². The number of carbonyl (C=O) groups excluding carboxylic acids is 1. The zero-order chi connectivity index (χ0) is 30.6. The molecule has 0 aliphatic carbocycles. The molecule has 1 aromatic carbocycles. The number of anilines is 2. The Labute approximate surface area is 244 Å². The predicted octanol–water partition coefficient (Wildman–Crippen LogP) is 5.86. The summed E-state index contributed by atoms with van der Waals surface area (Å²) in [6, 6.07) is 8.63. The van der Waals surface area contributed by atoms with E-state index < -0.39 is 11.2 Å². The number of nitrogens with zero attached hydrogens (tertiary/aromatic N) is 4. The fourth-order valence-corrected chi connectivity index (χ4v) is 4.72. The third-order valence-corrected chi connectivity index (χ3v) is 7.12. The van der Waals surface area contributed by atoms with E-state index in [2.05, 4.69) is 21.3 Å². The average Bonchev–Trinajstić information content (AvgIpc) is 3.52. The van der Waals surface area contributed by atoms with Gasteiger partial charge in [-0.05, 0) is 68.0 Å². The highest BCUT2D eigenvalue weighted by molar-refractivity contribution is 5.91. The molecule has 1 unspecified atom stereocenters.